The van der Waals surface area contributed by atoms with E-state index in [0.29, 0.717) is 0 Å². The van der Waals surface area contributed by atoms with Crippen molar-refractivity contribution in [3.8, 4) is 0 Å². The smallest absolute Gasteiger partial charge is 0.0284 e. The molecule has 1 saturated carbocycles. The number of rotatable bonds is 5. The fraction of sp³-hybridized carbons (Fsp3) is 0.538. The molecule has 0 saturated heterocycles. The highest BCUT2D eigenvalue weighted by Gasteiger charge is 2.38. The van der Waals surface area contributed by atoms with Crippen molar-refractivity contribution in [1.82, 2.24) is 4.90 Å². The van der Waals surface area contributed by atoms with Gasteiger partial charge < -0.3 is 10.6 Å². The lowest BCUT2D eigenvalue weighted by Gasteiger charge is -2.20. The van der Waals surface area contributed by atoms with Crippen LogP contribution in [0, 0.1) is 0 Å². The summed E-state index contributed by atoms with van der Waals surface area (Å²) in [6.45, 7) is 2.10. The zero-order chi connectivity index (χ0) is 11.6. The van der Waals surface area contributed by atoms with Crippen LogP contribution in [0.4, 0.5) is 0 Å². The van der Waals surface area contributed by atoms with Crippen LogP contribution in [-0.4, -0.2) is 30.6 Å². The Kier molecular flexibility index (Phi) is 3.67. The number of benzene rings is 1. The normalized spacial score (nSPS) is 17.8. The van der Waals surface area contributed by atoms with E-state index in [-0.39, 0.29) is 5.54 Å². The van der Waals surface area contributed by atoms with Crippen LogP contribution in [0.3, 0.4) is 0 Å². The predicted octanol–water partition coefficient (Wildman–Crippen LogP) is 2.41. The quantitative estimate of drug-likeness (QED) is 0.899. The van der Waals surface area contributed by atoms with E-state index in [1.165, 1.54) is 22.9 Å². The lowest BCUT2D eigenvalue weighted by Crippen LogP contribution is -2.38. The molecular weight excluding hydrogens is 264 g/mol. The molecule has 1 fully saturated rings. The fourth-order valence-electron chi connectivity index (χ4n) is 1.95. The Balaban J connectivity index is 1.80. The Morgan fingerprint density at radius 1 is 1.38 bits per heavy atom. The number of hydrogen-bond donors (Lipinski definition) is 1. The van der Waals surface area contributed by atoms with E-state index in [1.54, 1.807) is 0 Å². The van der Waals surface area contributed by atoms with Gasteiger partial charge in [-0.05, 0) is 37.9 Å². The van der Waals surface area contributed by atoms with Crippen LogP contribution in [0.15, 0.2) is 28.7 Å². The predicted molar refractivity (Wildman–Crippen MR) is 71.5 cm³/mol. The highest BCUT2D eigenvalue weighted by molar-refractivity contribution is 9.10. The molecule has 3 heteroatoms. The fourth-order valence-corrected chi connectivity index (χ4v) is 2.43. The van der Waals surface area contributed by atoms with Crippen LogP contribution in [0.25, 0.3) is 0 Å². The Bertz CT molecular complexity index is 361. The van der Waals surface area contributed by atoms with Crippen molar-refractivity contribution in [2.24, 2.45) is 5.73 Å². The molecule has 0 aliphatic heterocycles. The summed E-state index contributed by atoms with van der Waals surface area (Å²) in [5, 5.41) is 0. The van der Waals surface area contributed by atoms with Gasteiger partial charge in [0.1, 0.15) is 0 Å². The zero-order valence-corrected chi connectivity index (χ0v) is 11.3. The van der Waals surface area contributed by atoms with Crippen molar-refractivity contribution in [3.63, 3.8) is 0 Å². The SMILES string of the molecule is CN(CCc1ccccc1Br)CC1(N)CC1. The molecule has 0 heterocycles. The standard InChI is InChI=1S/C13H19BrN2/c1-16(10-13(15)7-8-13)9-6-11-4-2-3-5-12(11)14/h2-5H,6-10,15H2,1H3. The monoisotopic (exact) mass is 282 g/mol. The minimum Gasteiger partial charge on any atom is -0.324 e. The maximum absolute atomic E-state index is 6.10. The number of likely N-dealkylation sites (N-methyl/N-ethyl adjacent to an activating group) is 1. The first-order chi connectivity index (χ1) is 7.59. The molecule has 1 aromatic rings. The van der Waals surface area contributed by atoms with Gasteiger partial charge in [0.2, 0.25) is 0 Å². The number of nitrogens with two attached hydrogens (primary N) is 1. The molecule has 1 aromatic carbocycles. The van der Waals surface area contributed by atoms with Gasteiger partial charge in [-0.25, -0.2) is 0 Å². The number of nitrogens with zero attached hydrogens (tertiary/aromatic N) is 1. The third-order valence-electron chi connectivity index (χ3n) is 3.20. The second kappa shape index (κ2) is 4.86. The van der Waals surface area contributed by atoms with Gasteiger partial charge in [0.15, 0.2) is 0 Å². The highest BCUT2D eigenvalue weighted by atomic mass is 79.9. The maximum atomic E-state index is 6.10. The van der Waals surface area contributed by atoms with Crippen molar-refractivity contribution in [3.05, 3.63) is 34.3 Å². The van der Waals surface area contributed by atoms with Crippen molar-refractivity contribution >= 4 is 15.9 Å². The number of hydrogen-bond acceptors (Lipinski definition) is 2. The van der Waals surface area contributed by atoms with E-state index in [9.17, 15) is 0 Å². The van der Waals surface area contributed by atoms with Crippen LogP contribution in [0.2, 0.25) is 0 Å². The van der Waals surface area contributed by atoms with Gasteiger partial charge in [0.25, 0.3) is 0 Å². The van der Waals surface area contributed by atoms with E-state index >= 15 is 0 Å². The Morgan fingerprint density at radius 2 is 2.06 bits per heavy atom. The molecule has 0 unspecified atom stereocenters. The minimum absolute atomic E-state index is 0.128. The molecule has 16 heavy (non-hydrogen) atoms. The first-order valence-corrected chi connectivity index (χ1v) is 6.59. The second-order valence-electron chi connectivity index (χ2n) is 4.94. The van der Waals surface area contributed by atoms with E-state index < -0.39 is 0 Å². The molecule has 1 aliphatic rings. The Hall–Kier alpha value is -0.380. The largest absolute Gasteiger partial charge is 0.324 e. The maximum Gasteiger partial charge on any atom is 0.0284 e. The van der Waals surface area contributed by atoms with Gasteiger partial charge in [-0.3, -0.25) is 0 Å². The summed E-state index contributed by atoms with van der Waals surface area (Å²) in [6.07, 6.45) is 3.45. The van der Waals surface area contributed by atoms with Gasteiger partial charge in [-0.15, -0.1) is 0 Å². The lowest BCUT2D eigenvalue weighted by atomic mass is 10.1. The van der Waals surface area contributed by atoms with E-state index in [0.717, 1.165) is 19.5 Å². The summed E-state index contributed by atoms with van der Waals surface area (Å²) in [6, 6.07) is 8.41. The summed E-state index contributed by atoms with van der Waals surface area (Å²) < 4.78 is 1.21. The average Bonchev–Trinajstić information content (AvgIpc) is 2.95. The molecule has 2 nitrogen and oxygen atoms in total. The summed E-state index contributed by atoms with van der Waals surface area (Å²) >= 11 is 3.58. The minimum atomic E-state index is 0.128. The molecule has 0 amide bonds. The third kappa shape index (κ3) is 3.30. The molecule has 0 spiro atoms. The average molecular weight is 283 g/mol. The molecule has 2 rings (SSSR count). The van der Waals surface area contributed by atoms with Crippen LogP contribution >= 0.6 is 15.9 Å². The van der Waals surface area contributed by atoms with Crippen LogP contribution in [0.5, 0.6) is 0 Å². The van der Waals surface area contributed by atoms with Crippen molar-refractivity contribution in [2.75, 3.05) is 20.1 Å². The summed E-state index contributed by atoms with van der Waals surface area (Å²) in [4.78, 5) is 2.34. The molecule has 1 aliphatic carbocycles. The van der Waals surface area contributed by atoms with Crippen molar-refractivity contribution in [1.29, 1.82) is 0 Å². The van der Waals surface area contributed by atoms with Crippen molar-refractivity contribution in [2.45, 2.75) is 24.8 Å². The van der Waals surface area contributed by atoms with Gasteiger partial charge in [0, 0.05) is 23.1 Å². The molecule has 0 radical (unpaired) electrons. The first kappa shape index (κ1) is 12.1. The van der Waals surface area contributed by atoms with Crippen LogP contribution < -0.4 is 5.73 Å². The van der Waals surface area contributed by atoms with Gasteiger partial charge in [0.05, 0.1) is 0 Å². The van der Waals surface area contributed by atoms with Gasteiger partial charge >= 0.3 is 0 Å². The zero-order valence-electron chi connectivity index (χ0n) is 9.75. The topological polar surface area (TPSA) is 29.3 Å². The third-order valence-corrected chi connectivity index (χ3v) is 3.97. The molecule has 0 atom stereocenters. The summed E-state index contributed by atoms with van der Waals surface area (Å²) in [5.41, 5.74) is 7.59. The summed E-state index contributed by atoms with van der Waals surface area (Å²) in [7, 11) is 2.16. The van der Waals surface area contributed by atoms with E-state index in [2.05, 4.69) is 52.1 Å². The van der Waals surface area contributed by atoms with Crippen molar-refractivity contribution < 1.29 is 0 Å². The number of halogens is 1. The molecule has 0 bridgehead atoms. The Labute approximate surface area is 106 Å². The van der Waals surface area contributed by atoms with E-state index in [4.69, 9.17) is 5.73 Å². The first-order valence-electron chi connectivity index (χ1n) is 5.80. The Morgan fingerprint density at radius 3 is 2.69 bits per heavy atom. The van der Waals surface area contributed by atoms with Crippen LogP contribution in [0.1, 0.15) is 18.4 Å². The summed E-state index contributed by atoms with van der Waals surface area (Å²) in [5.74, 6) is 0. The van der Waals surface area contributed by atoms with E-state index in [1.807, 2.05) is 0 Å². The second-order valence-corrected chi connectivity index (χ2v) is 5.80. The molecule has 2 N–H and O–H groups in total. The lowest BCUT2D eigenvalue weighted by molar-refractivity contribution is 0.306. The molecular formula is C13H19BrN2. The van der Waals surface area contributed by atoms with Crippen LogP contribution in [-0.2, 0) is 6.42 Å². The van der Waals surface area contributed by atoms with Gasteiger partial charge in [-0.2, -0.15) is 0 Å². The molecule has 0 aromatic heterocycles. The molecule has 88 valence electrons. The van der Waals surface area contributed by atoms with Gasteiger partial charge in [-0.1, -0.05) is 34.1 Å². The highest BCUT2D eigenvalue weighted by Crippen LogP contribution is 2.32.